The number of rotatable bonds is 10. The quantitative estimate of drug-likeness (QED) is 0.108. The lowest BCUT2D eigenvalue weighted by Gasteiger charge is -2.36. The third-order valence-electron chi connectivity index (χ3n) is 6.39. The van der Waals surface area contributed by atoms with E-state index in [1.165, 1.54) is 30.3 Å². The zero-order valence-corrected chi connectivity index (χ0v) is 23.7. The number of ether oxygens (including phenoxy) is 1. The van der Waals surface area contributed by atoms with Crippen molar-refractivity contribution in [3.8, 4) is 5.75 Å². The summed E-state index contributed by atoms with van der Waals surface area (Å²) in [6.07, 6.45) is -6.25. The number of aliphatic hydroxyl groups excluding tert-OH is 1. The lowest BCUT2D eigenvalue weighted by Crippen LogP contribution is -2.36. The van der Waals surface area contributed by atoms with Gasteiger partial charge in [-0.1, -0.05) is 61.0 Å². The zero-order chi connectivity index (χ0) is 30.5. The largest absolute Gasteiger partial charge is 0.466 e. The minimum Gasteiger partial charge on any atom is -0.466 e. The molecule has 222 valence electrons. The van der Waals surface area contributed by atoms with Gasteiger partial charge in [-0.15, -0.1) is 0 Å². The molecule has 4 aromatic carbocycles. The number of hydrogen-bond donors (Lipinski definition) is 1. The first kappa shape index (κ1) is 31.6. The molecule has 0 spiro atoms. The standard InChI is InChI=1S/C31H26ClF6NO2S/c1-2-20-17-25(15-16-27(20)32)41-29(22-7-6-10-26(18-22)42-31(36,37)38)39(24-8-4-3-5-9-24)19-28(40)21-11-13-23(14-12-21)30(33,34)35/h3-18,28-29,40H,2,19H2,1H3. The summed E-state index contributed by atoms with van der Waals surface area (Å²) in [5, 5.41) is 11.7. The van der Waals surface area contributed by atoms with Gasteiger partial charge in [-0.25, -0.2) is 0 Å². The maximum atomic E-state index is 13.2. The summed E-state index contributed by atoms with van der Waals surface area (Å²) in [6, 6.07) is 23.7. The van der Waals surface area contributed by atoms with Gasteiger partial charge >= 0.3 is 11.7 Å². The van der Waals surface area contributed by atoms with Crippen molar-refractivity contribution in [2.75, 3.05) is 11.4 Å². The number of aryl methyl sites for hydroxylation is 1. The number of para-hydroxylation sites is 1. The van der Waals surface area contributed by atoms with Crippen LogP contribution in [0.2, 0.25) is 5.02 Å². The smallest absolute Gasteiger partial charge is 0.446 e. The van der Waals surface area contributed by atoms with Gasteiger partial charge in [-0.05, 0) is 83.9 Å². The number of nitrogens with zero attached hydrogens (tertiary/aromatic N) is 1. The molecule has 0 aliphatic heterocycles. The molecule has 0 saturated heterocycles. The molecule has 11 heteroatoms. The van der Waals surface area contributed by atoms with Gasteiger partial charge in [0, 0.05) is 21.2 Å². The predicted molar refractivity (Wildman–Crippen MR) is 153 cm³/mol. The minimum atomic E-state index is -4.53. The van der Waals surface area contributed by atoms with Gasteiger partial charge in [-0.2, -0.15) is 26.3 Å². The molecule has 0 fully saturated rings. The van der Waals surface area contributed by atoms with Crippen LogP contribution < -0.4 is 9.64 Å². The SMILES string of the molecule is CCc1cc(OC(c2cccc(SC(F)(F)F)c2)N(CC(O)c2ccc(C(F)(F)F)cc2)c2ccccc2)ccc1Cl. The molecule has 1 N–H and O–H groups in total. The highest BCUT2D eigenvalue weighted by Crippen LogP contribution is 2.40. The molecular formula is C31H26ClF6NO2S. The van der Waals surface area contributed by atoms with Crippen molar-refractivity contribution < 1.29 is 36.2 Å². The number of thioether (sulfide) groups is 1. The molecule has 0 radical (unpaired) electrons. The maximum Gasteiger partial charge on any atom is 0.446 e. The van der Waals surface area contributed by atoms with Crippen LogP contribution in [0.3, 0.4) is 0 Å². The number of halogens is 7. The Morgan fingerprint density at radius 3 is 2.14 bits per heavy atom. The van der Waals surface area contributed by atoms with Crippen LogP contribution in [0.15, 0.2) is 102 Å². The Labute approximate surface area is 248 Å². The fourth-order valence-electron chi connectivity index (χ4n) is 4.34. The molecule has 4 aromatic rings. The molecule has 0 heterocycles. The van der Waals surface area contributed by atoms with E-state index in [0.717, 1.165) is 17.7 Å². The molecule has 0 aliphatic carbocycles. The van der Waals surface area contributed by atoms with Crippen molar-refractivity contribution in [1.82, 2.24) is 0 Å². The summed E-state index contributed by atoms with van der Waals surface area (Å²) in [5.74, 6) is 0.389. The summed E-state index contributed by atoms with van der Waals surface area (Å²) in [6.45, 7) is 1.75. The fraction of sp³-hybridized carbons (Fsp3) is 0.226. The molecular weight excluding hydrogens is 600 g/mol. The molecule has 2 atom stereocenters. The normalized spacial score (nSPS) is 13.5. The van der Waals surface area contributed by atoms with Crippen molar-refractivity contribution in [3.63, 3.8) is 0 Å². The van der Waals surface area contributed by atoms with Crippen LogP contribution in [-0.2, 0) is 12.6 Å². The number of aliphatic hydroxyl groups is 1. The lowest BCUT2D eigenvalue weighted by molar-refractivity contribution is -0.137. The second kappa shape index (κ2) is 13.3. The van der Waals surface area contributed by atoms with Crippen LogP contribution in [0, 0.1) is 0 Å². The Hall–Kier alpha value is -3.34. The summed E-state index contributed by atoms with van der Waals surface area (Å²) < 4.78 is 85.4. The zero-order valence-electron chi connectivity index (χ0n) is 22.2. The van der Waals surface area contributed by atoms with E-state index in [4.69, 9.17) is 16.3 Å². The molecule has 2 unspecified atom stereocenters. The van der Waals surface area contributed by atoms with Crippen LogP contribution in [-0.4, -0.2) is 17.2 Å². The highest BCUT2D eigenvalue weighted by molar-refractivity contribution is 8.00. The maximum absolute atomic E-state index is 13.2. The van der Waals surface area contributed by atoms with Crippen LogP contribution in [0.1, 0.15) is 41.5 Å². The Kier molecular flexibility index (Phi) is 10.0. The van der Waals surface area contributed by atoms with Crippen molar-refractivity contribution in [2.45, 2.75) is 42.3 Å². The first-order chi connectivity index (χ1) is 19.8. The highest BCUT2D eigenvalue weighted by atomic mass is 35.5. The summed E-state index contributed by atoms with van der Waals surface area (Å²) in [4.78, 5) is 1.59. The van der Waals surface area contributed by atoms with Gasteiger partial charge in [0.15, 0.2) is 6.23 Å². The molecule has 3 nitrogen and oxygen atoms in total. The predicted octanol–water partition coefficient (Wildman–Crippen LogP) is 9.85. The van der Waals surface area contributed by atoms with Crippen LogP contribution >= 0.6 is 23.4 Å². The molecule has 0 aromatic heterocycles. The number of anilines is 1. The lowest BCUT2D eigenvalue weighted by atomic mass is 10.0. The minimum absolute atomic E-state index is 0.0600. The average molecular weight is 626 g/mol. The monoisotopic (exact) mass is 625 g/mol. The van der Waals surface area contributed by atoms with Crippen LogP contribution in [0.4, 0.5) is 32.0 Å². The van der Waals surface area contributed by atoms with Gasteiger partial charge < -0.3 is 14.7 Å². The van der Waals surface area contributed by atoms with E-state index in [-0.39, 0.29) is 28.8 Å². The van der Waals surface area contributed by atoms with Crippen molar-refractivity contribution >= 4 is 29.1 Å². The molecule has 0 bridgehead atoms. The summed E-state index contributed by atoms with van der Waals surface area (Å²) >= 11 is 6.02. The number of alkyl halides is 6. The number of hydrogen-bond acceptors (Lipinski definition) is 4. The third kappa shape index (κ3) is 8.36. The Balaban J connectivity index is 1.78. The van der Waals surface area contributed by atoms with Crippen molar-refractivity contribution in [1.29, 1.82) is 0 Å². The number of benzene rings is 4. The Morgan fingerprint density at radius 1 is 0.833 bits per heavy atom. The molecule has 0 amide bonds. The Bertz CT molecular complexity index is 1470. The third-order valence-corrected chi connectivity index (χ3v) is 7.48. The van der Waals surface area contributed by atoms with E-state index < -0.39 is 29.6 Å². The van der Waals surface area contributed by atoms with E-state index in [0.29, 0.717) is 28.4 Å². The molecule has 4 rings (SSSR count). The second-order valence-electron chi connectivity index (χ2n) is 9.32. The van der Waals surface area contributed by atoms with Crippen molar-refractivity contribution in [3.05, 3.63) is 124 Å². The Morgan fingerprint density at radius 2 is 1.52 bits per heavy atom. The second-order valence-corrected chi connectivity index (χ2v) is 10.9. The van der Waals surface area contributed by atoms with Gasteiger partial charge in [0.05, 0.1) is 18.2 Å². The molecule has 0 saturated carbocycles. The molecule has 42 heavy (non-hydrogen) atoms. The summed E-state index contributed by atoms with van der Waals surface area (Å²) in [7, 11) is 0. The highest BCUT2D eigenvalue weighted by Gasteiger charge is 2.32. The van der Waals surface area contributed by atoms with E-state index in [2.05, 4.69) is 0 Å². The topological polar surface area (TPSA) is 32.7 Å². The first-order valence-corrected chi connectivity index (χ1v) is 14.0. The van der Waals surface area contributed by atoms with Crippen molar-refractivity contribution in [2.24, 2.45) is 0 Å². The van der Waals surface area contributed by atoms with E-state index in [9.17, 15) is 31.4 Å². The van der Waals surface area contributed by atoms with E-state index in [1.54, 1.807) is 59.5 Å². The van der Waals surface area contributed by atoms with E-state index in [1.807, 2.05) is 6.92 Å². The summed E-state index contributed by atoms with van der Waals surface area (Å²) in [5.41, 5.74) is -3.42. The van der Waals surface area contributed by atoms with Crippen LogP contribution in [0.5, 0.6) is 5.75 Å². The van der Waals surface area contributed by atoms with Gasteiger partial charge in [0.1, 0.15) is 5.75 Å². The van der Waals surface area contributed by atoms with Gasteiger partial charge in [-0.3, -0.25) is 0 Å². The first-order valence-electron chi connectivity index (χ1n) is 12.8. The van der Waals surface area contributed by atoms with Crippen LogP contribution in [0.25, 0.3) is 0 Å². The molecule has 0 aliphatic rings. The average Bonchev–Trinajstić information content (AvgIpc) is 2.95. The fourth-order valence-corrected chi connectivity index (χ4v) is 5.20. The van der Waals surface area contributed by atoms with E-state index >= 15 is 0 Å². The van der Waals surface area contributed by atoms with Gasteiger partial charge in [0.2, 0.25) is 0 Å². The van der Waals surface area contributed by atoms with Gasteiger partial charge in [0.25, 0.3) is 0 Å².